The maximum Gasteiger partial charge on any atom is 0.335 e. The van der Waals surface area contributed by atoms with Crippen molar-refractivity contribution in [1.29, 1.82) is 0 Å². The maximum atomic E-state index is 10.9. The van der Waals surface area contributed by atoms with Crippen molar-refractivity contribution in [1.82, 2.24) is 9.80 Å². The largest absolute Gasteiger partial charge is 0.489 e. The number of benzene rings is 2. The average Bonchev–Trinajstić information content (AvgIpc) is 2.74. The number of aromatic carboxylic acids is 1. The zero-order valence-corrected chi connectivity index (χ0v) is 17.1. The predicted octanol–water partition coefficient (Wildman–Crippen LogP) is 2.92. The van der Waals surface area contributed by atoms with Crippen LogP contribution >= 0.6 is 0 Å². The highest BCUT2D eigenvalue weighted by molar-refractivity contribution is 5.87. The number of nitro groups is 1. The molecule has 1 unspecified atom stereocenters. The molecular weight excluding hydrogens is 386 g/mol. The quantitative estimate of drug-likeness (QED) is 0.499. The Morgan fingerprint density at radius 3 is 2.23 bits per heavy atom. The number of ether oxygens (including phenoxy) is 1. The highest BCUT2D eigenvalue weighted by Crippen LogP contribution is 2.19. The van der Waals surface area contributed by atoms with E-state index in [2.05, 4.69) is 9.80 Å². The van der Waals surface area contributed by atoms with E-state index in [1.165, 1.54) is 12.1 Å². The summed E-state index contributed by atoms with van der Waals surface area (Å²) in [7, 11) is 0. The fourth-order valence-corrected chi connectivity index (χ4v) is 3.58. The Balaban J connectivity index is 1.37. The van der Waals surface area contributed by atoms with Gasteiger partial charge in [-0.3, -0.25) is 15.0 Å². The molecule has 1 aliphatic rings. The number of nitro benzene ring substituents is 1. The number of non-ortho nitro benzene ring substituents is 1. The van der Waals surface area contributed by atoms with Crippen LogP contribution in [0.15, 0.2) is 48.5 Å². The van der Waals surface area contributed by atoms with Crippen LogP contribution in [0.5, 0.6) is 5.75 Å². The summed E-state index contributed by atoms with van der Waals surface area (Å²) in [5.41, 5.74) is 1.52. The molecule has 2 aromatic carbocycles. The van der Waals surface area contributed by atoms with Crippen LogP contribution in [0.2, 0.25) is 0 Å². The highest BCUT2D eigenvalue weighted by atomic mass is 16.6. The van der Waals surface area contributed by atoms with Crippen LogP contribution in [0, 0.1) is 10.1 Å². The van der Waals surface area contributed by atoms with Gasteiger partial charge < -0.3 is 14.7 Å². The van der Waals surface area contributed by atoms with Crippen molar-refractivity contribution in [2.24, 2.45) is 0 Å². The van der Waals surface area contributed by atoms with Crippen molar-refractivity contribution in [3.05, 3.63) is 69.8 Å². The van der Waals surface area contributed by atoms with Crippen molar-refractivity contribution in [3.8, 4) is 5.75 Å². The summed E-state index contributed by atoms with van der Waals surface area (Å²) in [6, 6.07) is 13.3. The molecule has 0 bridgehead atoms. The second kappa shape index (κ2) is 10.2. The second-order valence-electron chi connectivity index (χ2n) is 7.57. The number of piperazine rings is 1. The van der Waals surface area contributed by atoms with Gasteiger partial charge in [0.05, 0.1) is 10.5 Å². The van der Waals surface area contributed by atoms with Crippen LogP contribution in [-0.2, 0) is 6.42 Å². The molecule has 8 heteroatoms. The van der Waals surface area contributed by atoms with E-state index in [1.807, 2.05) is 19.1 Å². The molecule has 0 saturated carbocycles. The van der Waals surface area contributed by atoms with Crippen LogP contribution in [-0.4, -0.2) is 71.2 Å². The Morgan fingerprint density at radius 1 is 1.07 bits per heavy atom. The number of rotatable bonds is 9. The average molecular weight is 413 g/mol. The molecule has 3 rings (SSSR count). The van der Waals surface area contributed by atoms with Crippen LogP contribution < -0.4 is 4.74 Å². The maximum absolute atomic E-state index is 10.9. The van der Waals surface area contributed by atoms with Gasteiger partial charge in [-0.25, -0.2) is 4.79 Å². The molecule has 1 saturated heterocycles. The topological polar surface area (TPSA) is 96.2 Å². The number of nitrogens with zero attached hydrogens (tertiary/aromatic N) is 3. The van der Waals surface area contributed by atoms with E-state index in [-0.39, 0.29) is 11.8 Å². The minimum absolute atomic E-state index is 0.00856. The zero-order chi connectivity index (χ0) is 21.5. The Kier molecular flexibility index (Phi) is 7.37. The van der Waals surface area contributed by atoms with E-state index >= 15 is 0 Å². The summed E-state index contributed by atoms with van der Waals surface area (Å²) in [4.78, 5) is 26.0. The minimum Gasteiger partial charge on any atom is -0.489 e. The number of carboxylic acids is 1. The monoisotopic (exact) mass is 413 g/mol. The summed E-state index contributed by atoms with van der Waals surface area (Å²) in [6.45, 7) is 7.66. The lowest BCUT2D eigenvalue weighted by molar-refractivity contribution is -0.384. The minimum atomic E-state index is -0.899. The van der Waals surface area contributed by atoms with E-state index in [9.17, 15) is 14.9 Å². The molecule has 1 N–H and O–H groups in total. The summed E-state index contributed by atoms with van der Waals surface area (Å²) in [5.74, 6) is -0.259. The first-order valence-electron chi connectivity index (χ1n) is 10.1. The van der Waals surface area contributed by atoms with Crippen molar-refractivity contribution >= 4 is 11.7 Å². The highest BCUT2D eigenvalue weighted by Gasteiger charge is 2.19. The molecule has 0 spiro atoms. The third-order valence-electron chi connectivity index (χ3n) is 5.28. The summed E-state index contributed by atoms with van der Waals surface area (Å²) in [6.07, 6.45) is 0.894. The van der Waals surface area contributed by atoms with Crippen molar-refractivity contribution in [2.45, 2.75) is 19.4 Å². The zero-order valence-electron chi connectivity index (χ0n) is 17.1. The third-order valence-corrected chi connectivity index (χ3v) is 5.28. The number of carbonyl (C=O) groups is 1. The fraction of sp³-hybridized carbons (Fsp3) is 0.409. The lowest BCUT2D eigenvalue weighted by atomic mass is 10.1. The summed E-state index contributed by atoms with van der Waals surface area (Å²) in [5, 5.41) is 19.7. The van der Waals surface area contributed by atoms with E-state index in [4.69, 9.17) is 9.84 Å². The molecule has 0 aromatic heterocycles. The molecule has 30 heavy (non-hydrogen) atoms. The number of hydrogen-bond donors (Lipinski definition) is 1. The first kappa shape index (κ1) is 21.7. The standard InChI is InChI=1S/C22H27N3O5/c1-17(30-21-8-6-20(7-9-21)25(28)29)16-24-14-12-23(13-15-24)11-10-18-2-4-19(5-3-18)22(26)27/h2-9,17H,10-16H2,1H3,(H,26,27). The summed E-state index contributed by atoms with van der Waals surface area (Å²) < 4.78 is 5.89. The van der Waals surface area contributed by atoms with Gasteiger partial charge in [-0.1, -0.05) is 12.1 Å². The van der Waals surface area contributed by atoms with Gasteiger partial charge in [0.1, 0.15) is 11.9 Å². The van der Waals surface area contributed by atoms with Crippen molar-refractivity contribution < 1.29 is 19.6 Å². The predicted molar refractivity (Wildman–Crippen MR) is 113 cm³/mol. The molecule has 160 valence electrons. The summed E-state index contributed by atoms with van der Waals surface area (Å²) >= 11 is 0. The van der Waals surface area contributed by atoms with E-state index in [0.29, 0.717) is 11.3 Å². The van der Waals surface area contributed by atoms with Gasteiger partial charge in [-0.15, -0.1) is 0 Å². The molecular formula is C22H27N3O5. The molecule has 2 aromatic rings. The molecule has 0 aliphatic carbocycles. The van der Waals surface area contributed by atoms with Crippen LogP contribution in [0.3, 0.4) is 0 Å². The Morgan fingerprint density at radius 2 is 1.67 bits per heavy atom. The van der Waals surface area contributed by atoms with E-state index in [1.54, 1.807) is 24.3 Å². The SMILES string of the molecule is CC(CN1CCN(CCc2ccc(C(=O)O)cc2)CC1)Oc1ccc([N+](=O)[O-])cc1. The van der Waals surface area contributed by atoms with E-state index < -0.39 is 10.9 Å². The van der Waals surface area contributed by atoms with Crippen molar-refractivity contribution in [2.75, 3.05) is 39.3 Å². The van der Waals surface area contributed by atoms with Gasteiger partial charge >= 0.3 is 5.97 Å². The van der Waals surface area contributed by atoms with Crippen LogP contribution in [0.1, 0.15) is 22.8 Å². The van der Waals surface area contributed by atoms with Crippen LogP contribution in [0.4, 0.5) is 5.69 Å². The van der Waals surface area contributed by atoms with Gasteiger partial charge in [0, 0.05) is 51.4 Å². The number of carboxylic acid groups (broad SMARTS) is 1. The van der Waals surface area contributed by atoms with Gasteiger partial charge in [0.15, 0.2) is 0 Å². The first-order valence-corrected chi connectivity index (χ1v) is 10.1. The smallest absolute Gasteiger partial charge is 0.335 e. The lowest BCUT2D eigenvalue weighted by Gasteiger charge is -2.35. The van der Waals surface area contributed by atoms with Gasteiger partial charge in [0.2, 0.25) is 0 Å². The molecule has 8 nitrogen and oxygen atoms in total. The Hall–Kier alpha value is -2.97. The fourth-order valence-electron chi connectivity index (χ4n) is 3.58. The van der Waals surface area contributed by atoms with Gasteiger partial charge in [-0.2, -0.15) is 0 Å². The van der Waals surface area contributed by atoms with Gasteiger partial charge in [-0.05, 0) is 43.2 Å². The normalized spacial score (nSPS) is 16.2. The molecule has 0 amide bonds. The van der Waals surface area contributed by atoms with Crippen molar-refractivity contribution in [3.63, 3.8) is 0 Å². The Labute approximate surface area is 175 Å². The third kappa shape index (κ3) is 6.27. The molecule has 0 radical (unpaired) electrons. The van der Waals surface area contributed by atoms with Crippen LogP contribution in [0.25, 0.3) is 0 Å². The molecule has 1 fully saturated rings. The molecule has 1 heterocycles. The Bertz CT molecular complexity index is 846. The number of hydrogen-bond acceptors (Lipinski definition) is 6. The molecule has 1 aliphatic heterocycles. The lowest BCUT2D eigenvalue weighted by Crippen LogP contribution is -2.49. The molecule has 1 atom stereocenters. The second-order valence-corrected chi connectivity index (χ2v) is 7.57. The van der Waals surface area contributed by atoms with Gasteiger partial charge in [0.25, 0.3) is 5.69 Å². The first-order chi connectivity index (χ1) is 14.4. The van der Waals surface area contributed by atoms with E-state index in [0.717, 1.165) is 51.3 Å².